The molecule has 0 N–H and O–H groups in total. The Labute approximate surface area is 161 Å². The molecule has 2 aromatic carbocycles. The second-order valence-electron chi connectivity index (χ2n) is 7.31. The molecule has 0 bridgehead atoms. The Kier molecular flexibility index (Phi) is 6.00. The maximum absolute atomic E-state index is 12.9. The van der Waals surface area contributed by atoms with E-state index in [9.17, 15) is 13.2 Å². The molecule has 2 aromatic rings. The summed E-state index contributed by atoms with van der Waals surface area (Å²) in [6.07, 6.45) is 7.55. The van der Waals surface area contributed by atoms with Crippen molar-refractivity contribution in [3.63, 3.8) is 0 Å². The lowest BCUT2D eigenvalue weighted by atomic mass is 10.0. The van der Waals surface area contributed by atoms with E-state index in [-0.39, 0.29) is 23.5 Å². The number of benzene rings is 2. The van der Waals surface area contributed by atoms with Gasteiger partial charge in [0.15, 0.2) is 0 Å². The predicted molar refractivity (Wildman–Crippen MR) is 112 cm³/mol. The third kappa shape index (κ3) is 4.78. The summed E-state index contributed by atoms with van der Waals surface area (Å²) in [5.74, 6) is 0.288. The molecule has 0 aliphatic carbocycles. The number of hydrogen-bond donors (Lipinski definition) is 0. The fraction of sp³-hybridized carbons (Fsp3) is 0.409. The molecule has 1 fully saturated rings. The average Bonchev–Trinajstić information content (AvgIpc) is 2.66. The highest BCUT2D eigenvalue weighted by Crippen LogP contribution is 2.22. The Bertz CT molecular complexity index is 949. The summed E-state index contributed by atoms with van der Waals surface area (Å²) >= 11 is 0. The van der Waals surface area contributed by atoms with Crippen molar-refractivity contribution in [2.75, 3.05) is 18.6 Å². The van der Waals surface area contributed by atoms with E-state index in [0.29, 0.717) is 18.4 Å². The van der Waals surface area contributed by atoms with Gasteiger partial charge >= 0.3 is 0 Å². The molecule has 1 saturated heterocycles. The van der Waals surface area contributed by atoms with Gasteiger partial charge in [-0.1, -0.05) is 43.7 Å². The summed E-state index contributed by atoms with van der Waals surface area (Å²) in [7, 11) is -1.15. The van der Waals surface area contributed by atoms with Gasteiger partial charge in [0.25, 0.3) is 5.91 Å². The van der Waals surface area contributed by atoms with Crippen LogP contribution in [0.1, 0.15) is 48.5 Å². The number of sulfone groups is 1. The van der Waals surface area contributed by atoms with Crippen LogP contribution in [0, 0.1) is 0 Å². The van der Waals surface area contributed by atoms with Crippen molar-refractivity contribution < 1.29 is 13.2 Å². The van der Waals surface area contributed by atoms with Gasteiger partial charge < -0.3 is 4.90 Å². The van der Waals surface area contributed by atoms with Crippen LogP contribution in [0.2, 0.25) is 0 Å². The van der Waals surface area contributed by atoms with Crippen molar-refractivity contribution in [1.82, 2.24) is 4.90 Å². The molecule has 1 amide bonds. The zero-order valence-corrected chi connectivity index (χ0v) is 16.8. The molecule has 5 heteroatoms. The largest absolute Gasteiger partial charge is 0.339 e. The van der Waals surface area contributed by atoms with Gasteiger partial charge in [0.05, 0.1) is 11.5 Å². The molecule has 0 unspecified atom stereocenters. The SMILES string of the molecule is CCC/C=C/c1ccc2cc(C(=O)N(C)C3CCS(=O)(=O)CC3)ccc2c1. The molecule has 0 radical (unpaired) electrons. The molecular weight excluding hydrogens is 358 g/mol. The van der Waals surface area contributed by atoms with Gasteiger partial charge in [-0.25, -0.2) is 8.42 Å². The highest BCUT2D eigenvalue weighted by atomic mass is 32.2. The lowest BCUT2D eigenvalue weighted by Gasteiger charge is -2.31. The number of fused-ring (bicyclic) bond motifs is 1. The van der Waals surface area contributed by atoms with E-state index in [1.165, 1.54) is 0 Å². The highest BCUT2D eigenvalue weighted by Gasteiger charge is 2.29. The van der Waals surface area contributed by atoms with Gasteiger partial charge in [-0.2, -0.15) is 0 Å². The Hall–Kier alpha value is -2.14. The van der Waals surface area contributed by atoms with Gasteiger partial charge in [0.2, 0.25) is 0 Å². The molecule has 27 heavy (non-hydrogen) atoms. The molecule has 0 spiro atoms. The third-order valence-corrected chi connectivity index (χ3v) is 6.98. The van der Waals surface area contributed by atoms with E-state index in [2.05, 4.69) is 31.2 Å². The molecule has 1 aliphatic rings. The fourth-order valence-corrected chi connectivity index (χ4v) is 4.99. The van der Waals surface area contributed by atoms with Crippen LogP contribution < -0.4 is 0 Å². The lowest BCUT2D eigenvalue weighted by Crippen LogP contribution is -2.42. The second kappa shape index (κ2) is 8.26. The summed E-state index contributed by atoms with van der Waals surface area (Å²) in [6.45, 7) is 2.16. The molecule has 0 atom stereocenters. The van der Waals surface area contributed by atoms with Crippen LogP contribution in [0.15, 0.2) is 42.5 Å². The number of rotatable bonds is 5. The van der Waals surface area contributed by atoms with Crippen LogP contribution in [0.4, 0.5) is 0 Å². The minimum atomic E-state index is -2.92. The van der Waals surface area contributed by atoms with Crippen LogP contribution in [-0.2, 0) is 9.84 Å². The summed E-state index contributed by atoms with van der Waals surface area (Å²) in [6, 6.07) is 12.0. The van der Waals surface area contributed by atoms with Crippen molar-refractivity contribution in [1.29, 1.82) is 0 Å². The molecule has 1 aliphatic heterocycles. The van der Waals surface area contributed by atoms with E-state index in [1.54, 1.807) is 11.9 Å². The molecular formula is C22H27NO3S. The van der Waals surface area contributed by atoms with Crippen LogP contribution in [0.25, 0.3) is 16.8 Å². The lowest BCUT2D eigenvalue weighted by molar-refractivity contribution is 0.0722. The molecule has 3 rings (SSSR count). The zero-order valence-electron chi connectivity index (χ0n) is 16.0. The Morgan fingerprint density at radius 1 is 1.11 bits per heavy atom. The number of amides is 1. The maximum atomic E-state index is 12.9. The van der Waals surface area contributed by atoms with Crippen molar-refractivity contribution >= 4 is 32.6 Å². The van der Waals surface area contributed by atoms with Gasteiger partial charge in [-0.05, 0) is 53.8 Å². The number of carbonyl (C=O) groups excluding carboxylic acids is 1. The zero-order chi connectivity index (χ0) is 19.4. The minimum absolute atomic E-state index is 0.0113. The standard InChI is InChI=1S/C22H27NO3S/c1-3-4-5-6-17-7-8-19-16-20(10-9-18(19)15-17)22(24)23(2)21-11-13-27(25,26)14-12-21/h5-10,15-16,21H,3-4,11-14H2,1-2H3/b6-5+. The first-order valence-corrected chi connectivity index (χ1v) is 11.4. The van der Waals surface area contributed by atoms with Crippen LogP contribution in [-0.4, -0.2) is 43.8 Å². The smallest absolute Gasteiger partial charge is 0.253 e. The van der Waals surface area contributed by atoms with Crippen molar-refractivity contribution in [2.24, 2.45) is 0 Å². The van der Waals surface area contributed by atoms with Gasteiger partial charge in [-0.3, -0.25) is 4.79 Å². The average molecular weight is 386 g/mol. The minimum Gasteiger partial charge on any atom is -0.339 e. The van der Waals surface area contributed by atoms with E-state index in [4.69, 9.17) is 0 Å². The first kappa shape index (κ1) is 19.6. The first-order valence-electron chi connectivity index (χ1n) is 9.57. The Balaban J connectivity index is 1.76. The van der Waals surface area contributed by atoms with Crippen LogP contribution >= 0.6 is 0 Å². The van der Waals surface area contributed by atoms with E-state index < -0.39 is 9.84 Å². The molecule has 4 nitrogen and oxygen atoms in total. The van der Waals surface area contributed by atoms with Crippen molar-refractivity contribution in [3.8, 4) is 0 Å². The number of hydrogen-bond acceptors (Lipinski definition) is 3. The first-order chi connectivity index (χ1) is 12.9. The summed E-state index contributed by atoms with van der Waals surface area (Å²) < 4.78 is 23.2. The Morgan fingerprint density at radius 2 is 1.78 bits per heavy atom. The number of carbonyl (C=O) groups is 1. The van der Waals surface area contributed by atoms with E-state index >= 15 is 0 Å². The predicted octanol–water partition coefficient (Wildman–Crippen LogP) is 4.30. The maximum Gasteiger partial charge on any atom is 0.253 e. The third-order valence-electron chi connectivity index (χ3n) is 5.27. The quantitative estimate of drug-likeness (QED) is 0.771. The number of allylic oxidation sites excluding steroid dienone is 1. The summed E-state index contributed by atoms with van der Waals surface area (Å²) in [5, 5.41) is 2.14. The van der Waals surface area contributed by atoms with Gasteiger partial charge in [0.1, 0.15) is 9.84 Å². The Morgan fingerprint density at radius 3 is 2.48 bits per heavy atom. The van der Waals surface area contributed by atoms with Gasteiger partial charge in [-0.15, -0.1) is 0 Å². The van der Waals surface area contributed by atoms with Crippen molar-refractivity contribution in [2.45, 2.75) is 38.6 Å². The second-order valence-corrected chi connectivity index (χ2v) is 9.62. The fourth-order valence-electron chi connectivity index (χ4n) is 3.52. The van der Waals surface area contributed by atoms with Crippen LogP contribution in [0.3, 0.4) is 0 Å². The van der Waals surface area contributed by atoms with Crippen LogP contribution in [0.5, 0.6) is 0 Å². The molecule has 0 aromatic heterocycles. The highest BCUT2D eigenvalue weighted by molar-refractivity contribution is 7.91. The van der Waals surface area contributed by atoms with Gasteiger partial charge in [0, 0.05) is 18.7 Å². The molecule has 0 saturated carbocycles. The number of nitrogens with zero attached hydrogens (tertiary/aromatic N) is 1. The van der Waals surface area contributed by atoms with E-state index in [0.717, 1.165) is 29.2 Å². The normalized spacial score (nSPS) is 17.4. The monoisotopic (exact) mass is 385 g/mol. The molecule has 144 valence electrons. The molecule has 1 heterocycles. The van der Waals surface area contributed by atoms with Crippen molar-refractivity contribution in [3.05, 3.63) is 53.6 Å². The topological polar surface area (TPSA) is 54.5 Å². The summed E-state index contributed by atoms with van der Waals surface area (Å²) in [4.78, 5) is 14.6. The van der Waals surface area contributed by atoms with E-state index in [1.807, 2.05) is 24.3 Å². The number of unbranched alkanes of at least 4 members (excludes halogenated alkanes) is 1. The summed E-state index contributed by atoms with van der Waals surface area (Å²) in [5.41, 5.74) is 1.81.